The fourth-order valence-electron chi connectivity index (χ4n) is 1.45. The SMILES string of the molecule is CC=C1S[C@@H]2CC(=O)N2C=C1C(=O)O. The van der Waals surface area contributed by atoms with Crippen LogP contribution in [-0.2, 0) is 9.59 Å². The molecule has 0 saturated carbocycles. The van der Waals surface area contributed by atoms with E-state index in [1.807, 2.05) is 0 Å². The standard InChI is InChI=1S/C9H9NO3S/c1-2-6-5(9(12)13)4-10-7(11)3-8(10)14-6/h2,4,8H,3H2,1H3,(H,12,13)/t8-/m1/s1. The van der Waals surface area contributed by atoms with Gasteiger partial charge in [-0.2, -0.15) is 0 Å². The molecular weight excluding hydrogens is 202 g/mol. The number of hydrogen-bond donors (Lipinski definition) is 1. The van der Waals surface area contributed by atoms with Crippen LogP contribution in [-0.4, -0.2) is 27.3 Å². The normalized spacial score (nSPS) is 28.2. The molecule has 0 unspecified atom stereocenters. The highest BCUT2D eigenvalue weighted by Crippen LogP contribution is 2.42. The average molecular weight is 211 g/mol. The third-order valence-electron chi connectivity index (χ3n) is 2.24. The quantitative estimate of drug-likeness (QED) is 0.661. The number of β-lactam (4-membered cyclic amide) rings is 1. The highest BCUT2D eigenvalue weighted by Gasteiger charge is 2.40. The summed E-state index contributed by atoms with van der Waals surface area (Å²) < 4.78 is 0. The second kappa shape index (κ2) is 3.16. The van der Waals surface area contributed by atoms with E-state index in [-0.39, 0.29) is 16.9 Å². The molecule has 1 atom stereocenters. The first-order chi connectivity index (χ1) is 6.63. The van der Waals surface area contributed by atoms with Crippen LogP contribution in [0.5, 0.6) is 0 Å². The molecule has 0 spiro atoms. The van der Waals surface area contributed by atoms with Crippen molar-refractivity contribution in [2.24, 2.45) is 0 Å². The summed E-state index contributed by atoms with van der Waals surface area (Å²) >= 11 is 1.44. The predicted molar refractivity (Wildman–Crippen MR) is 52.3 cm³/mol. The lowest BCUT2D eigenvalue weighted by molar-refractivity contribution is -0.137. The predicted octanol–water partition coefficient (Wildman–Crippen LogP) is 1.16. The van der Waals surface area contributed by atoms with E-state index in [0.717, 1.165) is 4.91 Å². The van der Waals surface area contributed by atoms with Crippen molar-refractivity contribution in [2.45, 2.75) is 18.7 Å². The highest BCUT2D eigenvalue weighted by atomic mass is 32.2. The van der Waals surface area contributed by atoms with Gasteiger partial charge < -0.3 is 10.0 Å². The number of aliphatic carboxylic acids is 1. The number of thioether (sulfide) groups is 1. The van der Waals surface area contributed by atoms with Gasteiger partial charge in [-0.15, -0.1) is 0 Å². The fourth-order valence-corrected chi connectivity index (χ4v) is 2.67. The molecule has 0 bridgehead atoms. The van der Waals surface area contributed by atoms with Crippen molar-refractivity contribution in [3.8, 4) is 0 Å². The van der Waals surface area contributed by atoms with Crippen LogP contribution in [0.15, 0.2) is 22.8 Å². The number of carboxylic acids is 1. The molecule has 4 nitrogen and oxygen atoms in total. The minimum absolute atomic E-state index is 0.00333. The van der Waals surface area contributed by atoms with Crippen LogP contribution in [0.3, 0.4) is 0 Å². The lowest BCUT2D eigenvalue weighted by atomic mass is 10.1. The summed E-state index contributed by atoms with van der Waals surface area (Å²) in [4.78, 5) is 24.2. The molecule has 1 fully saturated rings. The van der Waals surface area contributed by atoms with Gasteiger partial charge in [-0.1, -0.05) is 17.8 Å². The largest absolute Gasteiger partial charge is 0.478 e. The van der Waals surface area contributed by atoms with E-state index in [4.69, 9.17) is 5.11 Å². The van der Waals surface area contributed by atoms with E-state index in [9.17, 15) is 9.59 Å². The fraction of sp³-hybridized carbons (Fsp3) is 0.333. The summed E-state index contributed by atoms with van der Waals surface area (Å²) in [6, 6.07) is 0. The Hall–Kier alpha value is -1.23. The molecule has 1 amide bonds. The number of allylic oxidation sites excluding steroid dienone is 1. The molecule has 1 N–H and O–H groups in total. The minimum atomic E-state index is -0.983. The Bertz CT molecular complexity index is 372. The van der Waals surface area contributed by atoms with Gasteiger partial charge in [-0.05, 0) is 6.92 Å². The Morgan fingerprint density at radius 2 is 2.50 bits per heavy atom. The van der Waals surface area contributed by atoms with E-state index in [1.54, 1.807) is 13.0 Å². The lowest BCUT2D eigenvalue weighted by Gasteiger charge is -2.41. The van der Waals surface area contributed by atoms with E-state index in [1.165, 1.54) is 22.9 Å². The van der Waals surface area contributed by atoms with Gasteiger partial charge in [0.2, 0.25) is 5.91 Å². The molecule has 2 aliphatic heterocycles. The van der Waals surface area contributed by atoms with Crippen LogP contribution in [0.1, 0.15) is 13.3 Å². The molecule has 0 radical (unpaired) electrons. The first kappa shape index (κ1) is 9.33. The first-order valence-electron chi connectivity index (χ1n) is 4.23. The van der Waals surface area contributed by atoms with Gasteiger partial charge >= 0.3 is 5.97 Å². The van der Waals surface area contributed by atoms with E-state index >= 15 is 0 Å². The monoisotopic (exact) mass is 211 g/mol. The van der Waals surface area contributed by atoms with Crippen LogP contribution >= 0.6 is 11.8 Å². The van der Waals surface area contributed by atoms with Crippen LogP contribution in [0.4, 0.5) is 0 Å². The zero-order valence-corrected chi connectivity index (χ0v) is 8.37. The smallest absolute Gasteiger partial charge is 0.338 e. The average Bonchev–Trinajstić information content (AvgIpc) is 2.14. The maximum atomic E-state index is 11.1. The van der Waals surface area contributed by atoms with Gasteiger partial charge in [0.1, 0.15) is 0 Å². The molecule has 2 rings (SSSR count). The number of carbonyl (C=O) groups is 2. The van der Waals surface area contributed by atoms with Crippen molar-refractivity contribution in [3.05, 3.63) is 22.8 Å². The Kier molecular flexibility index (Phi) is 2.11. The van der Waals surface area contributed by atoms with Crippen molar-refractivity contribution < 1.29 is 14.7 Å². The number of carboxylic acid groups (broad SMARTS) is 1. The second-order valence-corrected chi connectivity index (χ2v) is 4.30. The Labute approximate surface area is 85.3 Å². The summed E-state index contributed by atoms with van der Waals surface area (Å²) in [5.74, 6) is -0.986. The van der Waals surface area contributed by atoms with Crippen molar-refractivity contribution in [2.75, 3.05) is 0 Å². The van der Waals surface area contributed by atoms with Gasteiger partial charge in [0.25, 0.3) is 0 Å². The third kappa shape index (κ3) is 1.24. The summed E-state index contributed by atoms with van der Waals surface area (Å²) in [5, 5.41) is 9.00. The summed E-state index contributed by atoms with van der Waals surface area (Å²) in [6.07, 6.45) is 3.71. The molecule has 2 heterocycles. The van der Waals surface area contributed by atoms with E-state index < -0.39 is 5.97 Å². The van der Waals surface area contributed by atoms with Crippen molar-refractivity contribution in [1.82, 2.24) is 4.90 Å². The number of nitrogens with zero attached hydrogens (tertiary/aromatic N) is 1. The van der Waals surface area contributed by atoms with Crippen molar-refractivity contribution >= 4 is 23.6 Å². The zero-order valence-electron chi connectivity index (χ0n) is 7.56. The Morgan fingerprint density at radius 3 is 3.00 bits per heavy atom. The molecular formula is C9H9NO3S. The number of hydrogen-bond acceptors (Lipinski definition) is 3. The van der Waals surface area contributed by atoms with Gasteiger partial charge in [-0.3, -0.25) is 4.79 Å². The molecule has 0 aromatic rings. The number of fused-ring (bicyclic) bond motifs is 1. The molecule has 0 aromatic heterocycles. The molecule has 2 aliphatic rings. The van der Waals surface area contributed by atoms with Crippen LogP contribution in [0, 0.1) is 0 Å². The molecule has 14 heavy (non-hydrogen) atoms. The number of amides is 1. The molecule has 74 valence electrons. The van der Waals surface area contributed by atoms with Crippen molar-refractivity contribution in [1.29, 1.82) is 0 Å². The molecule has 5 heteroatoms. The van der Waals surface area contributed by atoms with E-state index in [2.05, 4.69) is 0 Å². The van der Waals surface area contributed by atoms with E-state index in [0.29, 0.717) is 6.42 Å². The molecule has 0 aromatic carbocycles. The highest BCUT2D eigenvalue weighted by molar-refractivity contribution is 8.04. The maximum Gasteiger partial charge on any atom is 0.338 e. The number of rotatable bonds is 1. The van der Waals surface area contributed by atoms with Gasteiger partial charge in [0, 0.05) is 11.1 Å². The summed E-state index contributed by atoms with van der Waals surface area (Å²) in [6.45, 7) is 1.80. The van der Waals surface area contributed by atoms with Crippen LogP contribution in [0.25, 0.3) is 0 Å². The topological polar surface area (TPSA) is 57.6 Å². The van der Waals surface area contributed by atoms with Crippen molar-refractivity contribution in [3.63, 3.8) is 0 Å². The number of carbonyl (C=O) groups excluding carboxylic acids is 1. The minimum Gasteiger partial charge on any atom is -0.478 e. The third-order valence-corrected chi connectivity index (χ3v) is 3.61. The Morgan fingerprint density at radius 1 is 1.79 bits per heavy atom. The van der Waals surface area contributed by atoms with Crippen LogP contribution in [0.2, 0.25) is 0 Å². The maximum absolute atomic E-state index is 11.1. The molecule has 0 aliphatic carbocycles. The zero-order chi connectivity index (χ0) is 10.3. The van der Waals surface area contributed by atoms with Gasteiger partial charge in [0.15, 0.2) is 0 Å². The first-order valence-corrected chi connectivity index (χ1v) is 5.11. The lowest BCUT2D eigenvalue weighted by Crippen LogP contribution is -2.49. The van der Waals surface area contributed by atoms with Gasteiger partial charge in [-0.25, -0.2) is 4.79 Å². The summed E-state index contributed by atoms with van der Waals surface area (Å²) in [5.41, 5.74) is 0.210. The molecule has 1 saturated heterocycles. The summed E-state index contributed by atoms with van der Waals surface area (Å²) in [7, 11) is 0. The van der Waals surface area contributed by atoms with Crippen LogP contribution < -0.4 is 0 Å². The Balaban J connectivity index is 2.35. The van der Waals surface area contributed by atoms with Gasteiger partial charge in [0.05, 0.1) is 17.4 Å². The second-order valence-electron chi connectivity index (χ2n) is 3.08.